The van der Waals surface area contributed by atoms with Crippen LogP contribution in [0.15, 0.2) is 48.5 Å². The minimum atomic E-state index is -0.523. The number of carbonyl (C=O) groups excluding carboxylic acids is 2. The van der Waals surface area contributed by atoms with E-state index in [1.807, 2.05) is 30.3 Å². The third kappa shape index (κ3) is 3.55. The van der Waals surface area contributed by atoms with Gasteiger partial charge < -0.3 is 10.2 Å². The molecule has 0 aromatic heterocycles. The van der Waals surface area contributed by atoms with Gasteiger partial charge in [-0.2, -0.15) is 0 Å². The Kier molecular flexibility index (Phi) is 5.07. The molecule has 1 fully saturated rings. The molecule has 1 saturated heterocycles. The number of nitrogens with zero attached hydrogens (tertiary/aromatic N) is 1. The van der Waals surface area contributed by atoms with E-state index >= 15 is 0 Å². The molecular formula is C18H16Cl2N2O2. The molecule has 4 nitrogen and oxygen atoms in total. The summed E-state index contributed by atoms with van der Waals surface area (Å²) in [6, 6.07) is 14.1. The number of carbonyl (C=O) groups is 2. The highest BCUT2D eigenvalue weighted by atomic mass is 35.5. The van der Waals surface area contributed by atoms with Gasteiger partial charge in [0, 0.05) is 13.0 Å². The normalized spacial score (nSPS) is 17.2. The number of amides is 2. The molecule has 1 atom stereocenters. The molecule has 1 aliphatic heterocycles. The van der Waals surface area contributed by atoms with Gasteiger partial charge in [-0.15, -0.1) is 0 Å². The van der Waals surface area contributed by atoms with Crippen molar-refractivity contribution in [2.75, 3.05) is 5.32 Å². The van der Waals surface area contributed by atoms with Crippen molar-refractivity contribution in [3.63, 3.8) is 0 Å². The number of rotatable bonds is 4. The molecule has 0 spiro atoms. The molecule has 1 heterocycles. The third-order valence-electron chi connectivity index (χ3n) is 4.04. The topological polar surface area (TPSA) is 49.4 Å². The predicted octanol–water partition coefficient (Wildman–Crippen LogP) is 4.12. The number of benzene rings is 2. The Labute approximate surface area is 150 Å². The first-order chi connectivity index (χ1) is 11.6. The maximum absolute atomic E-state index is 12.6. The number of hydrogen-bond acceptors (Lipinski definition) is 2. The van der Waals surface area contributed by atoms with E-state index in [1.165, 1.54) is 0 Å². The fourth-order valence-corrected chi connectivity index (χ4v) is 3.30. The van der Waals surface area contributed by atoms with Gasteiger partial charge in [-0.05, 0) is 24.1 Å². The highest BCUT2D eigenvalue weighted by molar-refractivity contribution is 6.39. The average molecular weight is 363 g/mol. The number of halogens is 2. The zero-order valence-corrected chi connectivity index (χ0v) is 14.3. The van der Waals surface area contributed by atoms with Crippen LogP contribution in [0, 0.1) is 0 Å². The van der Waals surface area contributed by atoms with Gasteiger partial charge in [0.1, 0.15) is 6.04 Å². The monoisotopic (exact) mass is 362 g/mol. The number of para-hydroxylation sites is 1. The maximum Gasteiger partial charge on any atom is 0.247 e. The first-order valence-electron chi connectivity index (χ1n) is 7.64. The summed E-state index contributed by atoms with van der Waals surface area (Å²) in [6.07, 6.45) is 0.848. The molecule has 24 heavy (non-hydrogen) atoms. The first-order valence-corrected chi connectivity index (χ1v) is 8.40. The zero-order valence-electron chi connectivity index (χ0n) is 12.8. The standard InChI is InChI=1S/C18H16Cl2N2O2/c19-13-7-4-8-14(20)17(13)21-18(24)15-9-10-16(23)22(15)11-12-5-2-1-3-6-12/h1-8,15H,9-11H2,(H,21,24). The molecule has 1 N–H and O–H groups in total. The van der Waals surface area contributed by atoms with Gasteiger partial charge in [0.25, 0.3) is 0 Å². The van der Waals surface area contributed by atoms with Crippen molar-refractivity contribution in [3.8, 4) is 0 Å². The van der Waals surface area contributed by atoms with Gasteiger partial charge in [0.05, 0.1) is 15.7 Å². The zero-order chi connectivity index (χ0) is 17.1. The van der Waals surface area contributed by atoms with E-state index in [-0.39, 0.29) is 11.8 Å². The summed E-state index contributed by atoms with van der Waals surface area (Å²) in [5.74, 6) is -0.295. The van der Waals surface area contributed by atoms with E-state index in [4.69, 9.17) is 23.2 Å². The molecule has 0 saturated carbocycles. The summed E-state index contributed by atoms with van der Waals surface area (Å²) in [4.78, 5) is 26.4. The van der Waals surface area contributed by atoms with Crippen LogP contribution in [0.25, 0.3) is 0 Å². The molecule has 2 amide bonds. The number of nitrogens with one attached hydrogen (secondary N) is 1. The Morgan fingerprint density at radius 1 is 1.08 bits per heavy atom. The van der Waals surface area contributed by atoms with E-state index in [0.29, 0.717) is 35.1 Å². The van der Waals surface area contributed by atoms with E-state index in [9.17, 15) is 9.59 Å². The quantitative estimate of drug-likeness (QED) is 0.888. The number of anilines is 1. The van der Waals surface area contributed by atoms with Gasteiger partial charge in [-0.3, -0.25) is 9.59 Å². The Hall–Kier alpha value is -2.04. The summed E-state index contributed by atoms with van der Waals surface area (Å²) in [5, 5.41) is 3.50. The van der Waals surface area contributed by atoms with Crippen LogP contribution in [0.5, 0.6) is 0 Å². The molecule has 1 aliphatic rings. The lowest BCUT2D eigenvalue weighted by Gasteiger charge is -2.24. The highest BCUT2D eigenvalue weighted by Crippen LogP contribution is 2.31. The van der Waals surface area contributed by atoms with Gasteiger partial charge >= 0.3 is 0 Å². The fourth-order valence-electron chi connectivity index (χ4n) is 2.81. The summed E-state index contributed by atoms with van der Waals surface area (Å²) in [5.41, 5.74) is 1.37. The Morgan fingerprint density at radius 3 is 2.42 bits per heavy atom. The molecule has 3 rings (SSSR count). The summed E-state index contributed by atoms with van der Waals surface area (Å²) in [7, 11) is 0. The smallest absolute Gasteiger partial charge is 0.247 e. The molecule has 6 heteroatoms. The molecular weight excluding hydrogens is 347 g/mol. The van der Waals surface area contributed by atoms with Gasteiger partial charge in [-0.1, -0.05) is 59.6 Å². The maximum atomic E-state index is 12.6. The SMILES string of the molecule is O=C(Nc1c(Cl)cccc1Cl)C1CCC(=O)N1Cc1ccccc1. The van der Waals surface area contributed by atoms with Crippen LogP contribution in [0.1, 0.15) is 18.4 Å². The molecule has 2 aromatic carbocycles. The van der Waals surface area contributed by atoms with Gasteiger partial charge in [-0.25, -0.2) is 0 Å². The number of likely N-dealkylation sites (tertiary alicyclic amines) is 1. The first kappa shape index (κ1) is 16.8. The van der Waals surface area contributed by atoms with E-state index in [1.54, 1.807) is 23.1 Å². The van der Waals surface area contributed by atoms with Crippen LogP contribution in [0.2, 0.25) is 10.0 Å². The lowest BCUT2D eigenvalue weighted by atomic mass is 10.1. The van der Waals surface area contributed by atoms with Crippen molar-refractivity contribution in [1.82, 2.24) is 4.90 Å². The van der Waals surface area contributed by atoms with Crippen LogP contribution in [0.3, 0.4) is 0 Å². The van der Waals surface area contributed by atoms with Crippen molar-refractivity contribution < 1.29 is 9.59 Å². The van der Waals surface area contributed by atoms with E-state index in [2.05, 4.69) is 5.32 Å². The number of hydrogen-bond donors (Lipinski definition) is 1. The summed E-state index contributed by atoms with van der Waals surface area (Å²) < 4.78 is 0. The fraction of sp³-hybridized carbons (Fsp3) is 0.222. The molecule has 2 aromatic rings. The van der Waals surface area contributed by atoms with Gasteiger partial charge in [0.2, 0.25) is 11.8 Å². The lowest BCUT2D eigenvalue weighted by molar-refractivity contribution is -0.133. The summed E-state index contributed by atoms with van der Waals surface area (Å²) >= 11 is 12.2. The lowest BCUT2D eigenvalue weighted by Crippen LogP contribution is -2.41. The minimum Gasteiger partial charge on any atom is -0.326 e. The van der Waals surface area contributed by atoms with Crippen LogP contribution in [0.4, 0.5) is 5.69 Å². The van der Waals surface area contributed by atoms with Crippen molar-refractivity contribution in [1.29, 1.82) is 0 Å². The van der Waals surface area contributed by atoms with Crippen LogP contribution < -0.4 is 5.32 Å². The van der Waals surface area contributed by atoms with Crippen LogP contribution in [-0.2, 0) is 16.1 Å². The Bertz CT molecular complexity index is 745. The second-order valence-corrected chi connectivity index (χ2v) is 6.46. The minimum absolute atomic E-state index is 0.0238. The van der Waals surface area contributed by atoms with Crippen molar-refractivity contribution in [3.05, 3.63) is 64.1 Å². The second kappa shape index (κ2) is 7.24. The van der Waals surface area contributed by atoms with E-state index in [0.717, 1.165) is 5.56 Å². The van der Waals surface area contributed by atoms with E-state index < -0.39 is 6.04 Å². The molecule has 124 valence electrons. The molecule has 1 unspecified atom stereocenters. The molecule has 0 radical (unpaired) electrons. The largest absolute Gasteiger partial charge is 0.326 e. The average Bonchev–Trinajstić information content (AvgIpc) is 2.93. The third-order valence-corrected chi connectivity index (χ3v) is 4.67. The summed E-state index contributed by atoms with van der Waals surface area (Å²) in [6.45, 7) is 0.411. The second-order valence-electron chi connectivity index (χ2n) is 5.65. The van der Waals surface area contributed by atoms with Crippen LogP contribution in [-0.4, -0.2) is 22.8 Å². The Balaban J connectivity index is 1.77. The predicted molar refractivity (Wildman–Crippen MR) is 95.1 cm³/mol. The van der Waals surface area contributed by atoms with Crippen molar-refractivity contribution in [2.45, 2.75) is 25.4 Å². The van der Waals surface area contributed by atoms with Crippen LogP contribution >= 0.6 is 23.2 Å². The van der Waals surface area contributed by atoms with Crippen molar-refractivity contribution in [2.24, 2.45) is 0 Å². The van der Waals surface area contributed by atoms with Gasteiger partial charge in [0.15, 0.2) is 0 Å². The molecule has 0 bridgehead atoms. The Morgan fingerprint density at radius 2 is 1.75 bits per heavy atom. The molecule has 0 aliphatic carbocycles. The highest BCUT2D eigenvalue weighted by Gasteiger charge is 2.36. The van der Waals surface area contributed by atoms with Crippen molar-refractivity contribution >= 4 is 40.7 Å².